The van der Waals surface area contributed by atoms with Gasteiger partial charge < -0.3 is 14.4 Å². The minimum atomic E-state index is -0.0614. The summed E-state index contributed by atoms with van der Waals surface area (Å²) in [6, 6.07) is 13.9. The van der Waals surface area contributed by atoms with Gasteiger partial charge in [0.1, 0.15) is 0 Å². The second-order valence-electron chi connectivity index (χ2n) is 6.29. The topological polar surface area (TPSA) is 45.6 Å². The minimum Gasteiger partial charge on any atom is -0.353 e. The summed E-state index contributed by atoms with van der Waals surface area (Å²) in [5.41, 5.74) is 2.14. The lowest BCUT2D eigenvalue weighted by Crippen LogP contribution is -2.42. The summed E-state index contributed by atoms with van der Waals surface area (Å²) >= 11 is 0. The zero-order valence-corrected chi connectivity index (χ0v) is 15.3. The molecule has 134 valence electrons. The quantitative estimate of drug-likeness (QED) is 0.741. The fourth-order valence-corrected chi connectivity index (χ4v) is 2.77. The van der Waals surface area contributed by atoms with Gasteiger partial charge in [0.25, 0.3) is 0 Å². The molecule has 0 aliphatic rings. The minimum absolute atomic E-state index is 0.0336. The molecule has 0 bridgehead atoms. The van der Waals surface area contributed by atoms with Crippen molar-refractivity contribution in [3.8, 4) is 0 Å². The van der Waals surface area contributed by atoms with Crippen molar-refractivity contribution in [3.05, 3.63) is 59.9 Å². The number of hydrogen-bond acceptors (Lipinski definition) is 2. The fraction of sp³-hybridized carbons (Fsp3) is 0.400. The molecule has 1 aromatic heterocycles. The average molecular weight is 341 g/mol. The second kappa shape index (κ2) is 9.06. The van der Waals surface area contributed by atoms with Crippen molar-refractivity contribution < 1.29 is 9.59 Å². The van der Waals surface area contributed by atoms with Crippen LogP contribution in [0.2, 0.25) is 0 Å². The van der Waals surface area contributed by atoms with Crippen LogP contribution in [0.15, 0.2) is 48.7 Å². The first kappa shape index (κ1) is 18.8. The van der Waals surface area contributed by atoms with Crippen LogP contribution in [0.4, 0.5) is 0 Å². The monoisotopic (exact) mass is 341 g/mol. The molecule has 0 radical (unpaired) electrons. The van der Waals surface area contributed by atoms with E-state index in [1.54, 1.807) is 4.90 Å². The standard InChI is InChI=1S/C20H27N3O2/c1-4-12-22(17(2)24)16-20(25)23(14-18-9-6-5-7-10-18)15-19-11-8-13-21(19)3/h5-11,13H,4,12,14-16H2,1-3H3. The molecule has 2 aromatic rings. The average Bonchev–Trinajstić information content (AvgIpc) is 2.99. The molecule has 0 N–H and O–H groups in total. The summed E-state index contributed by atoms with van der Waals surface area (Å²) in [5, 5.41) is 0. The Hall–Kier alpha value is -2.56. The van der Waals surface area contributed by atoms with Gasteiger partial charge in [0.05, 0.1) is 13.1 Å². The van der Waals surface area contributed by atoms with Crippen LogP contribution in [0.5, 0.6) is 0 Å². The van der Waals surface area contributed by atoms with E-state index in [4.69, 9.17) is 0 Å². The van der Waals surface area contributed by atoms with Gasteiger partial charge >= 0.3 is 0 Å². The van der Waals surface area contributed by atoms with Crippen molar-refractivity contribution in [2.45, 2.75) is 33.4 Å². The van der Waals surface area contributed by atoms with E-state index in [0.29, 0.717) is 19.6 Å². The summed E-state index contributed by atoms with van der Waals surface area (Å²) in [6.45, 7) is 5.30. The Labute approximate surface area is 149 Å². The lowest BCUT2D eigenvalue weighted by molar-refractivity contribution is -0.140. The van der Waals surface area contributed by atoms with Gasteiger partial charge in [-0.3, -0.25) is 9.59 Å². The Morgan fingerprint density at radius 1 is 1.00 bits per heavy atom. The highest BCUT2D eigenvalue weighted by atomic mass is 16.2. The Kier molecular flexibility index (Phi) is 6.81. The molecule has 0 unspecified atom stereocenters. The number of nitrogens with zero attached hydrogens (tertiary/aromatic N) is 3. The Morgan fingerprint density at radius 2 is 1.72 bits per heavy atom. The maximum absolute atomic E-state index is 12.9. The van der Waals surface area contributed by atoms with E-state index in [0.717, 1.165) is 17.7 Å². The maximum Gasteiger partial charge on any atom is 0.242 e. The lowest BCUT2D eigenvalue weighted by atomic mass is 10.2. The molecule has 0 saturated heterocycles. The summed E-state index contributed by atoms with van der Waals surface area (Å²) in [4.78, 5) is 28.1. The third kappa shape index (κ3) is 5.48. The smallest absolute Gasteiger partial charge is 0.242 e. The highest BCUT2D eigenvalue weighted by molar-refractivity contribution is 5.83. The first-order chi connectivity index (χ1) is 12.0. The molecule has 0 aliphatic heterocycles. The first-order valence-electron chi connectivity index (χ1n) is 8.68. The van der Waals surface area contributed by atoms with Crippen LogP contribution in [0, 0.1) is 0 Å². The van der Waals surface area contributed by atoms with Gasteiger partial charge in [0.15, 0.2) is 0 Å². The fourth-order valence-electron chi connectivity index (χ4n) is 2.77. The van der Waals surface area contributed by atoms with E-state index in [1.807, 2.05) is 72.1 Å². The third-order valence-corrected chi connectivity index (χ3v) is 4.24. The van der Waals surface area contributed by atoms with Gasteiger partial charge in [0.2, 0.25) is 11.8 Å². The highest BCUT2D eigenvalue weighted by Gasteiger charge is 2.20. The Morgan fingerprint density at radius 3 is 2.28 bits per heavy atom. The van der Waals surface area contributed by atoms with Crippen molar-refractivity contribution in [2.24, 2.45) is 7.05 Å². The molecule has 1 heterocycles. The highest BCUT2D eigenvalue weighted by Crippen LogP contribution is 2.11. The van der Waals surface area contributed by atoms with Crippen LogP contribution in [-0.4, -0.2) is 39.3 Å². The number of carbonyl (C=O) groups excluding carboxylic acids is 2. The zero-order valence-electron chi connectivity index (χ0n) is 15.3. The van der Waals surface area contributed by atoms with E-state index in [1.165, 1.54) is 6.92 Å². The molecular formula is C20H27N3O2. The van der Waals surface area contributed by atoms with E-state index in [-0.39, 0.29) is 18.4 Å². The summed E-state index contributed by atoms with van der Waals surface area (Å²) in [5.74, 6) is -0.0950. The molecule has 1 aromatic carbocycles. The van der Waals surface area contributed by atoms with E-state index in [2.05, 4.69) is 0 Å². The van der Waals surface area contributed by atoms with Gasteiger partial charge in [-0.25, -0.2) is 0 Å². The maximum atomic E-state index is 12.9. The SMILES string of the molecule is CCCN(CC(=O)N(Cc1ccccc1)Cc1cccn1C)C(C)=O. The summed E-state index contributed by atoms with van der Waals surface area (Å²) in [7, 11) is 1.97. The number of aryl methyl sites for hydroxylation is 1. The Balaban J connectivity index is 2.16. The van der Waals surface area contributed by atoms with Gasteiger partial charge in [-0.2, -0.15) is 0 Å². The largest absolute Gasteiger partial charge is 0.353 e. The number of amides is 2. The number of benzene rings is 1. The van der Waals surface area contributed by atoms with Crippen LogP contribution < -0.4 is 0 Å². The van der Waals surface area contributed by atoms with E-state index < -0.39 is 0 Å². The third-order valence-electron chi connectivity index (χ3n) is 4.24. The molecule has 0 atom stereocenters. The molecular weight excluding hydrogens is 314 g/mol. The molecule has 25 heavy (non-hydrogen) atoms. The molecule has 5 nitrogen and oxygen atoms in total. The van der Waals surface area contributed by atoms with Crippen LogP contribution >= 0.6 is 0 Å². The van der Waals surface area contributed by atoms with E-state index in [9.17, 15) is 9.59 Å². The summed E-state index contributed by atoms with van der Waals surface area (Å²) in [6.07, 6.45) is 2.81. The van der Waals surface area contributed by atoms with Gasteiger partial charge in [0, 0.05) is 39.0 Å². The molecule has 2 rings (SSSR count). The predicted octanol–water partition coefficient (Wildman–Crippen LogP) is 2.81. The van der Waals surface area contributed by atoms with E-state index >= 15 is 0 Å². The summed E-state index contributed by atoms with van der Waals surface area (Å²) < 4.78 is 2.01. The van der Waals surface area contributed by atoms with Crippen LogP contribution in [0.3, 0.4) is 0 Å². The lowest BCUT2D eigenvalue weighted by Gasteiger charge is -2.27. The number of carbonyl (C=O) groups is 2. The molecule has 0 spiro atoms. The zero-order chi connectivity index (χ0) is 18.2. The Bertz CT molecular complexity index is 694. The van der Waals surface area contributed by atoms with Gasteiger partial charge in [-0.1, -0.05) is 37.3 Å². The number of hydrogen-bond donors (Lipinski definition) is 0. The van der Waals surface area contributed by atoms with Crippen LogP contribution in [0.1, 0.15) is 31.5 Å². The van der Waals surface area contributed by atoms with Gasteiger partial charge in [-0.05, 0) is 24.1 Å². The van der Waals surface area contributed by atoms with Crippen molar-refractivity contribution >= 4 is 11.8 Å². The van der Waals surface area contributed by atoms with Crippen molar-refractivity contribution in [1.82, 2.24) is 14.4 Å². The molecule has 0 fully saturated rings. The molecule has 2 amide bonds. The van der Waals surface area contributed by atoms with Crippen LogP contribution in [-0.2, 0) is 29.7 Å². The second-order valence-corrected chi connectivity index (χ2v) is 6.29. The van der Waals surface area contributed by atoms with Crippen LogP contribution in [0.25, 0.3) is 0 Å². The van der Waals surface area contributed by atoms with Crippen molar-refractivity contribution in [3.63, 3.8) is 0 Å². The number of aromatic nitrogens is 1. The molecule has 0 saturated carbocycles. The van der Waals surface area contributed by atoms with Crippen molar-refractivity contribution in [1.29, 1.82) is 0 Å². The predicted molar refractivity (Wildman–Crippen MR) is 98.7 cm³/mol. The normalized spacial score (nSPS) is 10.5. The number of rotatable bonds is 8. The first-order valence-corrected chi connectivity index (χ1v) is 8.68. The molecule has 0 aliphatic carbocycles. The van der Waals surface area contributed by atoms with Gasteiger partial charge in [-0.15, -0.1) is 0 Å². The van der Waals surface area contributed by atoms with Crippen molar-refractivity contribution in [2.75, 3.05) is 13.1 Å². The molecule has 5 heteroatoms.